The second-order valence-corrected chi connectivity index (χ2v) is 13.5. The molecule has 3 saturated carbocycles. The first-order valence-electron chi connectivity index (χ1n) is 12.7. The van der Waals surface area contributed by atoms with Gasteiger partial charge in [-0.05, 0) is 91.3 Å². The van der Waals surface area contributed by atoms with Gasteiger partial charge in [-0.3, -0.25) is 0 Å². The molecule has 1 N–H and O–H groups in total. The van der Waals surface area contributed by atoms with E-state index in [1.807, 2.05) is 0 Å². The fraction of sp³-hybridized carbons (Fsp3) is 0.926. The SMILES string of the molecule is CC(C)CCC[C@@H](C)[C@H]1C(Br)C[C@H]2[C@@H]3CC=C4C[C@@H](O)CC[C@]4(C)[C@H]3CC[C@]12C. The van der Waals surface area contributed by atoms with Crippen LogP contribution in [0.5, 0.6) is 0 Å². The van der Waals surface area contributed by atoms with Gasteiger partial charge in [-0.1, -0.05) is 81.5 Å². The number of alkyl halides is 1. The Hall–Kier alpha value is 0.180. The average molecular weight is 466 g/mol. The molecule has 4 aliphatic rings. The van der Waals surface area contributed by atoms with Crippen LogP contribution in [-0.2, 0) is 0 Å². The highest BCUT2D eigenvalue weighted by atomic mass is 79.9. The number of rotatable bonds is 5. The molecule has 0 radical (unpaired) electrons. The Morgan fingerprint density at radius 2 is 1.86 bits per heavy atom. The smallest absolute Gasteiger partial charge is 0.0577 e. The van der Waals surface area contributed by atoms with Crippen LogP contribution in [0.1, 0.15) is 98.8 Å². The standard InChI is InChI=1S/C27H45BrO/c1-17(2)7-6-8-18(3)25-24(28)16-23-21-10-9-19-15-20(29)11-13-26(19,4)22(21)12-14-27(23,25)5/h9,17-18,20-25,29H,6-8,10-16H2,1-5H3/t18-,20+,21-,22+,23+,24?,25+,26+,27+/m1/s1. The van der Waals surface area contributed by atoms with Gasteiger partial charge < -0.3 is 5.11 Å². The van der Waals surface area contributed by atoms with Gasteiger partial charge >= 0.3 is 0 Å². The van der Waals surface area contributed by atoms with Crippen molar-refractivity contribution in [1.29, 1.82) is 0 Å². The number of aliphatic hydroxyl groups excluding tert-OH is 1. The number of hydrogen-bond acceptors (Lipinski definition) is 1. The number of fused-ring (bicyclic) bond motifs is 5. The molecule has 0 aromatic carbocycles. The van der Waals surface area contributed by atoms with Gasteiger partial charge in [0.05, 0.1) is 6.10 Å². The van der Waals surface area contributed by atoms with Crippen LogP contribution in [-0.4, -0.2) is 16.0 Å². The molecule has 9 atom stereocenters. The van der Waals surface area contributed by atoms with E-state index in [1.54, 1.807) is 5.57 Å². The minimum Gasteiger partial charge on any atom is -0.393 e. The monoisotopic (exact) mass is 464 g/mol. The van der Waals surface area contributed by atoms with Crippen LogP contribution in [0.25, 0.3) is 0 Å². The van der Waals surface area contributed by atoms with Crippen molar-refractivity contribution in [3.05, 3.63) is 11.6 Å². The number of aliphatic hydroxyl groups is 1. The van der Waals surface area contributed by atoms with Gasteiger partial charge in [-0.15, -0.1) is 0 Å². The van der Waals surface area contributed by atoms with Crippen LogP contribution in [0.15, 0.2) is 11.6 Å². The van der Waals surface area contributed by atoms with Crippen LogP contribution in [0.3, 0.4) is 0 Å². The summed E-state index contributed by atoms with van der Waals surface area (Å²) in [7, 11) is 0. The zero-order chi connectivity index (χ0) is 21.0. The fourth-order valence-electron chi connectivity index (χ4n) is 8.68. The Bertz CT molecular complexity index is 626. The summed E-state index contributed by atoms with van der Waals surface area (Å²) in [6.07, 6.45) is 15.3. The highest BCUT2D eigenvalue weighted by molar-refractivity contribution is 9.09. The zero-order valence-corrected chi connectivity index (χ0v) is 21.2. The van der Waals surface area contributed by atoms with Gasteiger partial charge in [-0.25, -0.2) is 0 Å². The normalized spacial score (nSPS) is 47.9. The minimum atomic E-state index is -0.0887. The Kier molecular flexibility index (Phi) is 6.38. The first kappa shape index (κ1) is 22.4. The van der Waals surface area contributed by atoms with E-state index >= 15 is 0 Å². The maximum Gasteiger partial charge on any atom is 0.0577 e. The lowest BCUT2D eigenvalue weighted by atomic mass is 9.47. The Morgan fingerprint density at radius 3 is 2.59 bits per heavy atom. The molecule has 4 rings (SSSR count). The van der Waals surface area contributed by atoms with Gasteiger partial charge in [0, 0.05) is 4.83 Å². The van der Waals surface area contributed by atoms with Crippen LogP contribution >= 0.6 is 15.9 Å². The van der Waals surface area contributed by atoms with Crippen molar-refractivity contribution in [2.24, 2.45) is 46.3 Å². The van der Waals surface area contributed by atoms with Crippen LogP contribution in [0.2, 0.25) is 0 Å². The molecule has 29 heavy (non-hydrogen) atoms. The molecule has 166 valence electrons. The summed E-state index contributed by atoms with van der Waals surface area (Å²) in [6, 6.07) is 0. The average Bonchev–Trinajstić information content (AvgIpc) is 2.92. The summed E-state index contributed by atoms with van der Waals surface area (Å²) in [4.78, 5) is 0.705. The minimum absolute atomic E-state index is 0.0887. The molecule has 0 amide bonds. The highest BCUT2D eigenvalue weighted by Gasteiger charge is 2.61. The van der Waals surface area contributed by atoms with Crippen molar-refractivity contribution >= 4 is 15.9 Å². The van der Waals surface area contributed by atoms with E-state index in [0.717, 1.165) is 48.3 Å². The fourth-order valence-corrected chi connectivity index (χ4v) is 10.2. The lowest BCUT2D eigenvalue weighted by Crippen LogP contribution is -2.51. The molecule has 3 fully saturated rings. The maximum atomic E-state index is 10.2. The first-order valence-corrected chi connectivity index (χ1v) is 13.6. The van der Waals surface area contributed by atoms with Crippen molar-refractivity contribution in [1.82, 2.24) is 0 Å². The third kappa shape index (κ3) is 3.81. The molecule has 0 aliphatic heterocycles. The van der Waals surface area contributed by atoms with Crippen LogP contribution in [0, 0.1) is 46.3 Å². The molecule has 1 nitrogen and oxygen atoms in total. The van der Waals surface area contributed by atoms with E-state index in [1.165, 1.54) is 51.4 Å². The lowest BCUT2D eigenvalue weighted by molar-refractivity contribution is -0.0570. The van der Waals surface area contributed by atoms with Gasteiger partial charge in [-0.2, -0.15) is 0 Å². The molecule has 2 heteroatoms. The Labute approximate surface area is 188 Å². The van der Waals surface area contributed by atoms with E-state index in [9.17, 15) is 5.11 Å². The Morgan fingerprint density at radius 1 is 1.10 bits per heavy atom. The molecule has 0 aromatic heterocycles. The van der Waals surface area contributed by atoms with Crippen molar-refractivity contribution in [3.8, 4) is 0 Å². The summed E-state index contributed by atoms with van der Waals surface area (Å²) in [6.45, 7) is 12.5. The van der Waals surface area contributed by atoms with Crippen molar-refractivity contribution in [3.63, 3.8) is 0 Å². The van der Waals surface area contributed by atoms with E-state index in [0.29, 0.717) is 15.7 Å². The van der Waals surface area contributed by atoms with Crippen molar-refractivity contribution < 1.29 is 5.11 Å². The zero-order valence-electron chi connectivity index (χ0n) is 19.6. The largest absolute Gasteiger partial charge is 0.393 e. The quantitative estimate of drug-likeness (QED) is 0.325. The molecule has 0 bridgehead atoms. The van der Waals surface area contributed by atoms with Gasteiger partial charge in [0.1, 0.15) is 0 Å². The number of allylic oxidation sites excluding steroid dienone is 1. The van der Waals surface area contributed by atoms with Gasteiger partial charge in [0.2, 0.25) is 0 Å². The topological polar surface area (TPSA) is 20.2 Å². The lowest BCUT2D eigenvalue weighted by Gasteiger charge is -2.58. The number of halogens is 1. The third-order valence-electron chi connectivity index (χ3n) is 10.2. The van der Waals surface area contributed by atoms with Crippen LogP contribution < -0.4 is 0 Å². The molecule has 0 heterocycles. The second-order valence-electron chi connectivity index (χ2n) is 12.3. The predicted octanol–water partition coefficient (Wildman–Crippen LogP) is 7.76. The van der Waals surface area contributed by atoms with Crippen LogP contribution in [0.4, 0.5) is 0 Å². The molecule has 4 aliphatic carbocycles. The highest BCUT2D eigenvalue weighted by Crippen LogP contribution is 2.68. The summed E-state index contributed by atoms with van der Waals surface area (Å²) in [5.74, 6) is 5.10. The second kappa shape index (κ2) is 8.27. The van der Waals surface area contributed by atoms with E-state index in [2.05, 4.69) is 56.6 Å². The molecule has 0 spiro atoms. The third-order valence-corrected chi connectivity index (χ3v) is 11.1. The van der Waals surface area contributed by atoms with E-state index in [-0.39, 0.29) is 6.10 Å². The summed E-state index contributed by atoms with van der Waals surface area (Å²) >= 11 is 4.21. The van der Waals surface area contributed by atoms with Gasteiger partial charge in [0.15, 0.2) is 0 Å². The summed E-state index contributed by atoms with van der Waals surface area (Å²) < 4.78 is 0. The molecule has 1 unspecified atom stereocenters. The molecule has 0 saturated heterocycles. The van der Waals surface area contributed by atoms with E-state index < -0.39 is 0 Å². The van der Waals surface area contributed by atoms with E-state index in [4.69, 9.17) is 0 Å². The van der Waals surface area contributed by atoms with Gasteiger partial charge in [0.25, 0.3) is 0 Å². The Balaban J connectivity index is 1.53. The van der Waals surface area contributed by atoms with Crippen molar-refractivity contribution in [2.45, 2.75) is 110 Å². The molecule has 0 aromatic rings. The first-order chi connectivity index (χ1) is 13.7. The van der Waals surface area contributed by atoms with Crippen molar-refractivity contribution in [2.75, 3.05) is 0 Å². The molecular weight excluding hydrogens is 420 g/mol. The summed E-state index contributed by atoms with van der Waals surface area (Å²) in [5, 5.41) is 10.2. The molecular formula is C27H45BrO. The maximum absolute atomic E-state index is 10.2. The predicted molar refractivity (Wildman–Crippen MR) is 127 cm³/mol. The summed E-state index contributed by atoms with van der Waals surface area (Å²) in [5.41, 5.74) is 2.49. The number of hydrogen-bond donors (Lipinski definition) is 1.